The minimum absolute atomic E-state index is 1.03. The Morgan fingerprint density at radius 3 is 2.33 bits per heavy atom. The molecule has 0 spiro atoms. The van der Waals surface area contributed by atoms with Gasteiger partial charge in [0.15, 0.2) is 0 Å². The molecular formula is C28H34BrN. The SMILES string of the molecule is C=C/C=C\C(=C/C)N(/C(C=C)=C(/CCC)C1=CC=C(CC)CC1)c1ccc(Br)cc1. The van der Waals surface area contributed by atoms with Crippen molar-refractivity contribution in [3.8, 4) is 0 Å². The molecule has 0 N–H and O–H groups in total. The highest BCUT2D eigenvalue weighted by atomic mass is 79.9. The van der Waals surface area contributed by atoms with Crippen LogP contribution in [0.4, 0.5) is 5.69 Å². The van der Waals surface area contributed by atoms with Crippen LogP contribution >= 0.6 is 15.9 Å². The highest BCUT2D eigenvalue weighted by molar-refractivity contribution is 9.10. The number of anilines is 1. The molecule has 0 fully saturated rings. The summed E-state index contributed by atoms with van der Waals surface area (Å²) < 4.78 is 1.07. The quantitative estimate of drug-likeness (QED) is 0.312. The molecule has 0 heterocycles. The van der Waals surface area contributed by atoms with Crippen molar-refractivity contribution in [3.63, 3.8) is 0 Å². The van der Waals surface area contributed by atoms with Gasteiger partial charge in [-0.25, -0.2) is 0 Å². The first kappa shape index (κ1) is 24.0. The van der Waals surface area contributed by atoms with Gasteiger partial charge in [-0.3, -0.25) is 0 Å². The van der Waals surface area contributed by atoms with E-state index in [-0.39, 0.29) is 0 Å². The monoisotopic (exact) mass is 463 g/mol. The number of benzene rings is 1. The molecule has 1 aliphatic rings. The number of allylic oxidation sites excluding steroid dienone is 10. The summed E-state index contributed by atoms with van der Waals surface area (Å²) in [7, 11) is 0. The van der Waals surface area contributed by atoms with E-state index in [4.69, 9.17) is 0 Å². The van der Waals surface area contributed by atoms with Crippen LogP contribution in [0.1, 0.15) is 52.9 Å². The predicted molar refractivity (Wildman–Crippen MR) is 138 cm³/mol. The number of hydrogen-bond donors (Lipinski definition) is 0. The van der Waals surface area contributed by atoms with Crippen molar-refractivity contribution in [1.82, 2.24) is 0 Å². The van der Waals surface area contributed by atoms with Crippen molar-refractivity contribution >= 4 is 21.6 Å². The number of hydrogen-bond acceptors (Lipinski definition) is 1. The molecule has 0 bridgehead atoms. The summed E-state index contributed by atoms with van der Waals surface area (Å²) in [5.74, 6) is 0. The van der Waals surface area contributed by atoms with Crippen LogP contribution in [-0.4, -0.2) is 0 Å². The number of nitrogens with zero attached hydrogens (tertiary/aromatic N) is 1. The summed E-state index contributed by atoms with van der Waals surface area (Å²) in [5, 5.41) is 0. The topological polar surface area (TPSA) is 3.24 Å². The Morgan fingerprint density at radius 1 is 1.10 bits per heavy atom. The molecule has 2 rings (SSSR count). The first-order valence-electron chi connectivity index (χ1n) is 10.8. The molecule has 0 unspecified atom stereocenters. The normalized spacial score (nSPS) is 15.4. The van der Waals surface area contributed by atoms with Crippen LogP contribution in [0.15, 0.2) is 113 Å². The van der Waals surface area contributed by atoms with Gasteiger partial charge in [-0.1, -0.05) is 85.3 Å². The Bertz CT molecular complexity index is 891. The van der Waals surface area contributed by atoms with E-state index in [1.807, 2.05) is 18.2 Å². The second kappa shape index (κ2) is 12.4. The van der Waals surface area contributed by atoms with E-state index in [9.17, 15) is 0 Å². The summed E-state index contributed by atoms with van der Waals surface area (Å²) in [6.07, 6.45) is 20.2. The fourth-order valence-corrected chi connectivity index (χ4v) is 4.03. The minimum atomic E-state index is 1.03. The predicted octanol–water partition coefficient (Wildman–Crippen LogP) is 9.20. The molecule has 0 atom stereocenters. The first-order valence-corrected chi connectivity index (χ1v) is 11.6. The van der Waals surface area contributed by atoms with Crippen LogP contribution in [0, 0.1) is 0 Å². The molecule has 0 saturated carbocycles. The zero-order valence-corrected chi connectivity index (χ0v) is 20.2. The van der Waals surface area contributed by atoms with Crippen LogP contribution in [0.25, 0.3) is 0 Å². The second-order valence-electron chi connectivity index (χ2n) is 7.31. The first-order chi connectivity index (χ1) is 14.6. The van der Waals surface area contributed by atoms with Gasteiger partial charge in [0.2, 0.25) is 0 Å². The third-order valence-corrected chi connectivity index (χ3v) is 5.89. The smallest absolute Gasteiger partial charge is 0.0490 e. The van der Waals surface area contributed by atoms with E-state index in [2.05, 4.69) is 103 Å². The van der Waals surface area contributed by atoms with Crippen LogP contribution in [0.5, 0.6) is 0 Å². The molecule has 0 saturated heterocycles. The molecule has 0 amide bonds. The van der Waals surface area contributed by atoms with E-state index in [0.717, 1.165) is 53.7 Å². The van der Waals surface area contributed by atoms with Crippen LogP contribution < -0.4 is 4.90 Å². The van der Waals surface area contributed by atoms with Crippen molar-refractivity contribution in [2.75, 3.05) is 4.90 Å². The summed E-state index contributed by atoms with van der Waals surface area (Å²) in [4.78, 5) is 2.31. The van der Waals surface area contributed by atoms with Gasteiger partial charge in [0.1, 0.15) is 0 Å². The third-order valence-electron chi connectivity index (χ3n) is 5.36. The zero-order valence-electron chi connectivity index (χ0n) is 18.6. The zero-order chi connectivity index (χ0) is 21.9. The molecular weight excluding hydrogens is 430 g/mol. The Hall–Kier alpha value is -2.32. The molecule has 158 valence electrons. The second-order valence-corrected chi connectivity index (χ2v) is 8.22. The maximum atomic E-state index is 4.23. The van der Waals surface area contributed by atoms with Crippen molar-refractivity contribution in [1.29, 1.82) is 0 Å². The minimum Gasteiger partial charge on any atom is -0.311 e. The Morgan fingerprint density at radius 2 is 1.83 bits per heavy atom. The average Bonchev–Trinajstić information content (AvgIpc) is 2.78. The van der Waals surface area contributed by atoms with E-state index < -0.39 is 0 Å². The highest BCUT2D eigenvalue weighted by Gasteiger charge is 2.20. The van der Waals surface area contributed by atoms with E-state index in [1.54, 1.807) is 0 Å². The van der Waals surface area contributed by atoms with Gasteiger partial charge in [0.05, 0.1) is 0 Å². The summed E-state index contributed by atoms with van der Waals surface area (Å²) >= 11 is 3.57. The van der Waals surface area contributed by atoms with Gasteiger partial charge in [0, 0.05) is 21.6 Å². The Kier molecular flexibility index (Phi) is 9.89. The summed E-state index contributed by atoms with van der Waals surface area (Å²) in [6.45, 7) is 14.6. The fraction of sp³-hybridized carbons (Fsp3) is 0.286. The third kappa shape index (κ3) is 6.09. The fourth-order valence-electron chi connectivity index (χ4n) is 3.76. The largest absolute Gasteiger partial charge is 0.311 e. The van der Waals surface area contributed by atoms with E-state index in [1.165, 1.54) is 16.7 Å². The highest BCUT2D eigenvalue weighted by Crippen LogP contribution is 2.35. The van der Waals surface area contributed by atoms with Gasteiger partial charge < -0.3 is 4.90 Å². The molecule has 0 radical (unpaired) electrons. The molecule has 2 heteroatoms. The lowest BCUT2D eigenvalue weighted by Crippen LogP contribution is -2.22. The maximum absolute atomic E-state index is 4.23. The van der Waals surface area contributed by atoms with Gasteiger partial charge in [-0.15, -0.1) is 0 Å². The Labute approximate surface area is 191 Å². The number of rotatable bonds is 10. The van der Waals surface area contributed by atoms with Crippen molar-refractivity contribution < 1.29 is 0 Å². The molecule has 1 aromatic rings. The van der Waals surface area contributed by atoms with Gasteiger partial charge >= 0.3 is 0 Å². The van der Waals surface area contributed by atoms with Crippen molar-refractivity contribution in [2.45, 2.75) is 52.9 Å². The van der Waals surface area contributed by atoms with Gasteiger partial charge in [-0.05, 0) is 80.2 Å². The van der Waals surface area contributed by atoms with Gasteiger partial charge in [-0.2, -0.15) is 0 Å². The lowest BCUT2D eigenvalue weighted by Gasteiger charge is -2.31. The Balaban J connectivity index is 2.71. The van der Waals surface area contributed by atoms with Crippen LogP contribution in [0.2, 0.25) is 0 Å². The molecule has 1 nitrogen and oxygen atoms in total. The molecule has 1 aliphatic carbocycles. The van der Waals surface area contributed by atoms with E-state index >= 15 is 0 Å². The van der Waals surface area contributed by atoms with Crippen LogP contribution in [0.3, 0.4) is 0 Å². The summed E-state index contributed by atoms with van der Waals surface area (Å²) in [6, 6.07) is 8.46. The molecule has 1 aromatic carbocycles. The molecule has 0 aliphatic heterocycles. The molecule has 0 aromatic heterocycles. The summed E-state index contributed by atoms with van der Waals surface area (Å²) in [5.41, 5.74) is 7.71. The van der Waals surface area contributed by atoms with Crippen LogP contribution in [-0.2, 0) is 0 Å². The number of halogens is 1. The van der Waals surface area contributed by atoms with E-state index in [0.29, 0.717) is 0 Å². The lowest BCUT2D eigenvalue weighted by molar-refractivity contribution is 0.819. The molecule has 30 heavy (non-hydrogen) atoms. The maximum Gasteiger partial charge on any atom is 0.0490 e. The van der Waals surface area contributed by atoms with Crippen molar-refractivity contribution in [3.05, 3.63) is 113 Å². The standard InChI is InChI=1S/C28H34BrN/c1-6-11-13-25(9-4)30(26-20-18-24(29)19-21-26)28(10-5)27(12-7-2)23-16-14-22(8-3)15-17-23/h6,9-11,13-14,16,18-21H,1,5,7-8,12,15,17H2,2-4H3/b13-11-,25-9+,28-27-. The average molecular weight is 464 g/mol. The van der Waals surface area contributed by atoms with Gasteiger partial charge in [0.25, 0.3) is 0 Å². The van der Waals surface area contributed by atoms with Crippen molar-refractivity contribution in [2.24, 2.45) is 0 Å². The lowest BCUT2D eigenvalue weighted by atomic mass is 9.88.